The van der Waals surface area contributed by atoms with Gasteiger partial charge in [-0.3, -0.25) is 0 Å². The summed E-state index contributed by atoms with van der Waals surface area (Å²) in [6.45, 7) is 0.497. The number of unbranched alkanes of at least 4 members (excludes halogenated alkanes) is 2. The third-order valence-electron chi connectivity index (χ3n) is 2.83. The van der Waals surface area contributed by atoms with Gasteiger partial charge < -0.3 is 4.84 Å². The molecule has 2 aromatic rings. The molecule has 0 spiro atoms. The van der Waals surface area contributed by atoms with Gasteiger partial charge in [0.15, 0.2) is 0 Å². The fourth-order valence-corrected chi connectivity index (χ4v) is 1.78. The second kappa shape index (κ2) is 8.43. The fourth-order valence-electron chi connectivity index (χ4n) is 1.78. The third-order valence-corrected chi connectivity index (χ3v) is 2.83. The van der Waals surface area contributed by atoms with Crippen molar-refractivity contribution in [2.75, 3.05) is 6.61 Å². The molecular formula is C16H16N4O. The van der Waals surface area contributed by atoms with E-state index >= 15 is 0 Å². The van der Waals surface area contributed by atoms with E-state index in [1.54, 1.807) is 12.4 Å². The summed E-state index contributed by atoms with van der Waals surface area (Å²) in [5.41, 5.74) is 2.54. The molecule has 0 atom stereocenters. The maximum atomic E-state index is 8.48. The molecule has 0 N–H and O–H groups in total. The smallest absolute Gasteiger partial charge is 0.118 e. The molecule has 0 aliphatic rings. The van der Waals surface area contributed by atoms with Gasteiger partial charge in [-0.2, -0.15) is 15.5 Å². The minimum absolute atomic E-state index is 0.497. The van der Waals surface area contributed by atoms with Crippen molar-refractivity contribution in [1.29, 1.82) is 5.26 Å². The zero-order valence-electron chi connectivity index (χ0n) is 11.6. The first-order valence-electron chi connectivity index (χ1n) is 6.81. The van der Waals surface area contributed by atoms with Gasteiger partial charge in [-0.1, -0.05) is 35.5 Å². The summed E-state index contributed by atoms with van der Waals surface area (Å²) in [5, 5.41) is 20.4. The predicted octanol–water partition coefficient (Wildman–Crippen LogP) is 2.94. The summed E-state index contributed by atoms with van der Waals surface area (Å²) in [4.78, 5) is 5.38. The zero-order chi connectivity index (χ0) is 14.8. The highest BCUT2D eigenvalue weighted by Gasteiger charge is 2.07. The number of aromatic nitrogens is 2. The Balaban J connectivity index is 2.08. The van der Waals surface area contributed by atoms with Crippen molar-refractivity contribution < 1.29 is 4.84 Å². The molecule has 1 aromatic heterocycles. The molecule has 0 amide bonds. The SMILES string of the molecule is N#CCCCCO/N=C(/c1ccccc1)c1ccnnc1. The van der Waals surface area contributed by atoms with E-state index in [1.807, 2.05) is 36.4 Å². The Morgan fingerprint density at radius 1 is 1.10 bits per heavy atom. The van der Waals surface area contributed by atoms with Crippen molar-refractivity contribution >= 4 is 5.71 Å². The Kier molecular flexibility index (Phi) is 5.89. The van der Waals surface area contributed by atoms with Crippen molar-refractivity contribution in [3.05, 3.63) is 59.9 Å². The van der Waals surface area contributed by atoms with E-state index in [0.717, 1.165) is 29.7 Å². The molecule has 21 heavy (non-hydrogen) atoms. The van der Waals surface area contributed by atoms with Crippen molar-refractivity contribution in [2.45, 2.75) is 19.3 Å². The summed E-state index contributed by atoms with van der Waals surface area (Å²) < 4.78 is 0. The Hall–Kier alpha value is -2.74. The molecule has 5 heteroatoms. The lowest BCUT2D eigenvalue weighted by Gasteiger charge is -2.06. The molecule has 0 aliphatic heterocycles. The Labute approximate surface area is 123 Å². The molecule has 0 radical (unpaired) electrons. The summed E-state index contributed by atoms with van der Waals surface area (Å²) >= 11 is 0. The molecule has 1 heterocycles. The predicted molar refractivity (Wildman–Crippen MR) is 79.5 cm³/mol. The number of hydrogen-bond donors (Lipinski definition) is 0. The van der Waals surface area contributed by atoms with E-state index in [-0.39, 0.29) is 0 Å². The van der Waals surface area contributed by atoms with Gasteiger partial charge in [0.05, 0.1) is 18.5 Å². The molecule has 0 fully saturated rings. The highest BCUT2D eigenvalue weighted by molar-refractivity contribution is 6.12. The number of benzene rings is 1. The van der Waals surface area contributed by atoms with Gasteiger partial charge in [-0.15, -0.1) is 0 Å². The largest absolute Gasteiger partial charge is 0.395 e. The van der Waals surface area contributed by atoms with E-state index in [9.17, 15) is 0 Å². The van der Waals surface area contributed by atoms with Gasteiger partial charge in [0.2, 0.25) is 0 Å². The van der Waals surface area contributed by atoms with Crippen LogP contribution in [0.25, 0.3) is 0 Å². The van der Waals surface area contributed by atoms with Crippen LogP contribution in [0, 0.1) is 11.3 Å². The normalized spacial score (nSPS) is 10.9. The van der Waals surface area contributed by atoms with E-state index < -0.39 is 0 Å². The molecular weight excluding hydrogens is 264 g/mol. The molecule has 5 nitrogen and oxygen atoms in total. The van der Waals surface area contributed by atoms with Crippen LogP contribution in [0.4, 0.5) is 0 Å². The van der Waals surface area contributed by atoms with Gasteiger partial charge in [0.25, 0.3) is 0 Å². The van der Waals surface area contributed by atoms with Crippen LogP contribution in [0.15, 0.2) is 53.9 Å². The number of hydrogen-bond acceptors (Lipinski definition) is 5. The number of oxime groups is 1. The van der Waals surface area contributed by atoms with Gasteiger partial charge in [0, 0.05) is 17.5 Å². The minimum Gasteiger partial charge on any atom is -0.395 e. The van der Waals surface area contributed by atoms with Gasteiger partial charge in [-0.25, -0.2) is 0 Å². The number of rotatable bonds is 7. The van der Waals surface area contributed by atoms with E-state index in [1.165, 1.54) is 0 Å². The first-order chi connectivity index (χ1) is 10.4. The van der Waals surface area contributed by atoms with E-state index in [2.05, 4.69) is 21.4 Å². The molecule has 1 aromatic carbocycles. The second-order valence-corrected chi connectivity index (χ2v) is 4.39. The fraction of sp³-hybridized carbons (Fsp3) is 0.250. The standard InChI is InChI=1S/C16H16N4O/c17-10-5-2-6-12-21-20-16(14-7-3-1-4-8-14)15-9-11-18-19-13-15/h1,3-4,7-9,11,13H,2,5-6,12H2/b20-16-. The summed E-state index contributed by atoms with van der Waals surface area (Å²) in [6.07, 6.45) is 5.47. The Morgan fingerprint density at radius 3 is 2.67 bits per heavy atom. The molecule has 0 aliphatic carbocycles. The maximum absolute atomic E-state index is 8.48. The molecule has 2 rings (SSSR count). The molecule has 0 saturated carbocycles. The van der Waals surface area contributed by atoms with Crippen molar-refractivity contribution in [3.63, 3.8) is 0 Å². The quantitative estimate of drug-likeness (QED) is 0.444. The van der Waals surface area contributed by atoms with Crippen molar-refractivity contribution in [2.24, 2.45) is 5.16 Å². The lowest BCUT2D eigenvalue weighted by atomic mass is 10.1. The van der Waals surface area contributed by atoms with Crippen molar-refractivity contribution in [3.8, 4) is 6.07 Å². The van der Waals surface area contributed by atoms with Crippen LogP contribution < -0.4 is 0 Å². The monoisotopic (exact) mass is 280 g/mol. The average Bonchev–Trinajstić information content (AvgIpc) is 2.56. The minimum atomic E-state index is 0.497. The van der Waals surface area contributed by atoms with Crippen LogP contribution in [-0.4, -0.2) is 22.5 Å². The van der Waals surface area contributed by atoms with Crippen LogP contribution in [-0.2, 0) is 4.84 Å². The third kappa shape index (κ3) is 4.69. The van der Waals surface area contributed by atoms with E-state index in [4.69, 9.17) is 10.1 Å². The number of nitriles is 1. The highest BCUT2D eigenvalue weighted by Crippen LogP contribution is 2.10. The lowest BCUT2D eigenvalue weighted by Crippen LogP contribution is -2.05. The van der Waals surface area contributed by atoms with Crippen LogP contribution in [0.3, 0.4) is 0 Å². The Bertz CT molecular complexity index is 564. The number of nitrogens with zero attached hydrogens (tertiary/aromatic N) is 4. The topological polar surface area (TPSA) is 71.2 Å². The maximum Gasteiger partial charge on any atom is 0.118 e. The first kappa shape index (κ1) is 14.7. The van der Waals surface area contributed by atoms with Gasteiger partial charge in [-0.05, 0) is 18.9 Å². The van der Waals surface area contributed by atoms with Crippen LogP contribution in [0.5, 0.6) is 0 Å². The zero-order valence-corrected chi connectivity index (χ0v) is 11.6. The van der Waals surface area contributed by atoms with E-state index in [0.29, 0.717) is 13.0 Å². The van der Waals surface area contributed by atoms with Crippen LogP contribution in [0.1, 0.15) is 30.4 Å². The second-order valence-electron chi connectivity index (χ2n) is 4.39. The summed E-state index contributed by atoms with van der Waals surface area (Å²) in [5.74, 6) is 0. The van der Waals surface area contributed by atoms with Gasteiger partial charge >= 0.3 is 0 Å². The van der Waals surface area contributed by atoms with Crippen LogP contribution in [0.2, 0.25) is 0 Å². The average molecular weight is 280 g/mol. The molecule has 0 unspecified atom stereocenters. The molecule has 106 valence electrons. The first-order valence-corrected chi connectivity index (χ1v) is 6.81. The molecule has 0 saturated heterocycles. The summed E-state index contributed by atoms with van der Waals surface area (Å²) in [7, 11) is 0. The summed E-state index contributed by atoms with van der Waals surface area (Å²) in [6, 6.07) is 13.8. The highest BCUT2D eigenvalue weighted by atomic mass is 16.6. The molecule has 0 bridgehead atoms. The van der Waals surface area contributed by atoms with Crippen LogP contribution >= 0.6 is 0 Å². The lowest BCUT2D eigenvalue weighted by molar-refractivity contribution is 0.141. The Morgan fingerprint density at radius 2 is 1.95 bits per heavy atom. The van der Waals surface area contributed by atoms with Gasteiger partial charge in [0.1, 0.15) is 12.3 Å². The van der Waals surface area contributed by atoms with Crippen molar-refractivity contribution in [1.82, 2.24) is 10.2 Å².